The van der Waals surface area contributed by atoms with E-state index in [2.05, 4.69) is 0 Å². The van der Waals surface area contributed by atoms with E-state index < -0.39 is 0 Å². The number of carbonyl (C=O) groups is 2. The van der Waals surface area contributed by atoms with Gasteiger partial charge in [0.1, 0.15) is 5.78 Å². The van der Waals surface area contributed by atoms with Gasteiger partial charge in [0.15, 0.2) is 0 Å². The Hall–Kier alpha value is -0.860. The van der Waals surface area contributed by atoms with Gasteiger partial charge in [-0.15, -0.1) is 0 Å². The molecule has 1 amide bonds. The maximum atomic E-state index is 11.0. The van der Waals surface area contributed by atoms with E-state index in [4.69, 9.17) is 0 Å². The molecule has 1 unspecified atom stereocenters. The van der Waals surface area contributed by atoms with E-state index in [9.17, 15) is 9.59 Å². The number of hydrogen-bond donors (Lipinski definition) is 0. The van der Waals surface area contributed by atoms with Gasteiger partial charge in [-0.1, -0.05) is 13.8 Å². The van der Waals surface area contributed by atoms with Crippen LogP contribution in [0.5, 0.6) is 0 Å². The summed E-state index contributed by atoms with van der Waals surface area (Å²) < 4.78 is 0. The van der Waals surface area contributed by atoms with Crippen LogP contribution in [0.4, 0.5) is 0 Å². The largest absolute Gasteiger partial charge is 0.345 e. The van der Waals surface area contributed by atoms with E-state index in [1.54, 1.807) is 18.9 Å². The van der Waals surface area contributed by atoms with Gasteiger partial charge in [0.2, 0.25) is 5.91 Å². The summed E-state index contributed by atoms with van der Waals surface area (Å²) in [5.74, 6) is 0.435. The molecule has 0 N–H and O–H groups in total. The first-order valence-corrected chi connectivity index (χ1v) is 4.85. The maximum Gasteiger partial charge on any atom is 0.222 e. The van der Waals surface area contributed by atoms with E-state index in [1.807, 2.05) is 13.8 Å². The molecule has 0 saturated carbocycles. The summed E-state index contributed by atoms with van der Waals surface area (Å²) in [5.41, 5.74) is 0. The van der Waals surface area contributed by atoms with Gasteiger partial charge in [-0.2, -0.15) is 0 Å². The van der Waals surface area contributed by atoms with E-state index in [0.29, 0.717) is 13.0 Å². The highest BCUT2D eigenvalue weighted by molar-refractivity contribution is 5.83. The van der Waals surface area contributed by atoms with Crippen LogP contribution in [0.15, 0.2) is 0 Å². The molecule has 1 aliphatic heterocycles. The van der Waals surface area contributed by atoms with Crippen LogP contribution >= 0.6 is 0 Å². The Kier molecular flexibility index (Phi) is 5.35. The van der Waals surface area contributed by atoms with Gasteiger partial charge >= 0.3 is 0 Å². The van der Waals surface area contributed by atoms with E-state index in [1.165, 1.54) is 0 Å². The molecule has 13 heavy (non-hydrogen) atoms. The van der Waals surface area contributed by atoms with Crippen LogP contribution in [-0.4, -0.2) is 30.2 Å². The number of ketones is 1. The molecule has 76 valence electrons. The fourth-order valence-electron chi connectivity index (χ4n) is 1.34. The van der Waals surface area contributed by atoms with Gasteiger partial charge in [-0.05, 0) is 13.3 Å². The van der Waals surface area contributed by atoms with Gasteiger partial charge in [-0.25, -0.2) is 0 Å². The molecule has 1 heterocycles. The van der Waals surface area contributed by atoms with Gasteiger partial charge in [0.05, 0.1) is 0 Å². The van der Waals surface area contributed by atoms with Crippen LogP contribution in [0.3, 0.4) is 0 Å². The van der Waals surface area contributed by atoms with Crippen molar-refractivity contribution >= 4 is 11.7 Å². The third kappa shape index (κ3) is 3.57. The van der Waals surface area contributed by atoms with Gasteiger partial charge in [-0.3, -0.25) is 9.59 Å². The number of Topliss-reactive ketones (excluding diaryl/α,β-unsaturated/α-hetero) is 1. The second-order valence-electron chi connectivity index (χ2n) is 3.12. The van der Waals surface area contributed by atoms with Crippen molar-refractivity contribution in [3.8, 4) is 0 Å². The Balaban J connectivity index is 0.000000671. The predicted molar refractivity (Wildman–Crippen MR) is 52.4 cm³/mol. The van der Waals surface area contributed by atoms with Crippen LogP contribution in [0.25, 0.3) is 0 Å². The molecular weight excluding hydrogens is 166 g/mol. The standard InChI is InChI=1S/C8H13NO2.C2H6/c1-6(10)7-3-4-8(11)9(2)5-7;1-2/h7H,3-5H2,1-2H3;1-2H3. The van der Waals surface area contributed by atoms with Gasteiger partial charge in [0.25, 0.3) is 0 Å². The van der Waals surface area contributed by atoms with Crippen molar-refractivity contribution in [2.24, 2.45) is 5.92 Å². The second-order valence-corrected chi connectivity index (χ2v) is 3.12. The Morgan fingerprint density at radius 3 is 2.38 bits per heavy atom. The summed E-state index contributed by atoms with van der Waals surface area (Å²) in [7, 11) is 1.75. The van der Waals surface area contributed by atoms with E-state index >= 15 is 0 Å². The fraction of sp³-hybridized carbons (Fsp3) is 0.800. The molecule has 1 fully saturated rings. The molecule has 1 aliphatic rings. The third-order valence-electron chi connectivity index (χ3n) is 2.20. The lowest BCUT2D eigenvalue weighted by atomic mass is 9.95. The number of nitrogens with zero attached hydrogens (tertiary/aromatic N) is 1. The van der Waals surface area contributed by atoms with Crippen LogP contribution < -0.4 is 0 Å². The monoisotopic (exact) mass is 185 g/mol. The maximum absolute atomic E-state index is 11.0. The number of rotatable bonds is 1. The summed E-state index contributed by atoms with van der Waals surface area (Å²) in [6, 6.07) is 0. The molecule has 1 saturated heterocycles. The first kappa shape index (κ1) is 12.1. The number of carbonyl (C=O) groups excluding carboxylic acids is 2. The lowest BCUT2D eigenvalue weighted by Gasteiger charge is -2.27. The van der Waals surface area contributed by atoms with Crippen LogP contribution in [0, 0.1) is 5.92 Å². The van der Waals surface area contributed by atoms with Crippen LogP contribution in [0.1, 0.15) is 33.6 Å². The minimum absolute atomic E-state index is 0.0812. The first-order chi connectivity index (χ1) is 6.11. The zero-order chi connectivity index (χ0) is 10.4. The van der Waals surface area contributed by atoms with Crippen molar-refractivity contribution in [2.75, 3.05) is 13.6 Å². The Labute approximate surface area is 80.1 Å². The summed E-state index contributed by atoms with van der Waals surface area (Å²) >= 11 is 0. The van der Waals surface area contributed by atoms with E-state index in [-0.39, 0.29) is 17.6 Å². The Bertz CT molecular complexity index is 189. The quantitative estimate of drug-likeness (QED) is 0.620. The van der Waals surface area contributed by atoms with Gasteiger partial charge in [0, 0.05) is 25.9 Å². The summed E-state index contributed by atoms with van der Waals surface area (Å²) in [6.45, 7) is 6.20. The van der Waals surface area contributed by atoms with Gasteiger partial charge < -0.3 is 4.90 Å². The zero-order valence-electron chi connectivity index (χ0n) is 8.96. The Morgan fingerprint density at radius 2 is 2.00 bits per heavy atom. The molecule has 0 spiro atoms. The molecular formula is C10H19NO2. The third-order valence-corrected chi connectivity index (χ3v) is 2.20. The minimum Gasteiger partial charge on any atom is -0.345 e. The van der Waals surface area contributed by atoms with Crippen molar-refractivity contribution in [3.63, 3.8) is 0 Å². The molecule has 0 aromatic carbocycles. The normalized spacial score (nSPS) is 22.0. The van der Waals surface area contributed by atoms with Crippen molar-refractivity contribution in [3.05, 3.63) is 0 Å². The second kappa shape index (κ2) is 5.73. The number of hydrogen-bond acceptors (Lipinski definition) is 2. The highest BCUT2D eigenvalue weighted by Gasteiger charge is 2.25. The number of likely N-dealkylation sites (tertiary alicyclic amines) is 1. The number of piperidine rings is 1. The van der Waals surface area contributed by atoms with Crippen molar-refractivity contribution < 1.29 is 9.59 Å². The average molecular weight is 185 g/mol. The molecule has 0 aliphatic carbocycles. The minimum atomic E-state index is 0.0812. The highest BCUT2D eigenvalue weighted by Crippen LogP contribution is 2.16. The fourth-order valence-corrected chi connectivity index (χ4v) is 1.34. The molecule has 3 heteroatoms. The van der Waals surface area contributed by atoms with Crippen molar-refractivity contribution in [1.29, 1.82) is 0 Å². The first-order valence-electron chi connectivity index (χ1n) is 4.85. The van der Waals surface area contributed by atoms with Crippen molar-refractivity contribution in [2.45, 2.75) is 33.6 Å². The van der Waals surface area contributed by atoms with Crippen molar-refractivity contribution in [1.82, 2.24) is 4.90 Å². The Morgan fingerprint density at radius 1 is 1.46 bits per heavy atom. The van der Waals surface area contributed by atoms with Crippen LogP contribution in [0.2, 0.25) is 0 Å². The summed E-state index contributed by atoms with van der Waals surface area (Å²) in [4.78, 5) is 23.5. The molecule has 0 aromatic rings. The lowest BCUT2D eigenvalue weighted by molar-refractivity contribution is -0.135. The molecule has 1 atom stereocenters. The number of amides is 1. The molecule has 1 rings (SSSR count). The summed E-state index contributed by atoms with van der Waals surface area (Å²) in [6.07, 6.45) is 1.26. The zero-order valence-corrected chi connectivity index (χ0v) is 8.96. The molecule has 0 bridgehead atoms. The SMILES string of the molecule is CC.CC(=O)C1CCC(=O)N(C)C1. The molecule has 0 aromatic heterocycles. The predicted octanol–water partition coefficient (Wildman–Crippen LogP) is 1.47. The smallest absolute Gasteiger partial charge is 0.222 e. The van der Waals surface area contributed by atoms with E-state index in [0.717, 1.165) is 6.42 Å². The molecule has 0 radical (unpaired) electrons. The lowest BCUT2D eigenvalue weighted by Crippen LogP contribution is -2.39. The molecule has 3 nitrogen and oxygen atoms in total. The average Bonchev–Trinajstić information content (AvgIpc) is 2.13. The summed E-state index contributed by atoms with van der Waals surface area (Å²) in [5, 5.41) is 0. The topological polar surface area (TPSA) is 37.4 Å². The highest BCUT2D eigenvalue weighted by atomic mass is 16.2. The van der Waals surface area contributed by atoms with Crippen LogP contribution in [-0.2, 0) is 9.59 Å².